The topological polar surface area (TPSA) is 49.9 Å². The Bertz CT molecular complexity index is 480. The fraction of sp³-hybridized carbons (Fsp3) is 0. The van der Waals surface area contributed by atoms with Crippen molar-refractivity contribution in [1.82, 2.24) is 4.98 Å². The van der Waals surface area contributed by atoms with Gasteiger partial charge in [0.25, 0.3) is 0 Å². The van der Waals surface area contributed by atoms with Crippen LogP contribution in [0.25, 0.3) is 11.3 Å². The van der Waals surface area contributed by atoms with E-state index in [1.165, 1.54) is 6.07 Å². The first-order valence-corrected chi connectivity index (χ1v) is 4.50. The Balaban J connectivity index is 2.46. The number of rotatable bonds is 2. The summed E-state index contributed by atoms with van der Waals surface area (Å²) in [6, 6.07) is 12.0. The van der Waals surface area contributed by atoms with Crippen molar-refractivity contribution >= 4 is 5.97 Å². The third-order valence-corrected chi connectivity index (χ3v) is 2.06. The Kier molecular flexibility index (Phi) is 2.46. The van der Waals surface area contributed by atoms with Gasteiger partial charge in [0, 0.05) is 11.8 Å². The summed E-state index contributed by atoms with van der Waals surface area (Å²) in [5.41, 5.74) is 1.69. The third kappa shape index (κ3) is 2.02. The van der Waals surface area contributed by atoms with E-state index in [1.807, 2.05) is 24.3 Å². The van der Waals surface area contributed by atoms with Crippen LogP contribution in [0.1, 0.15) is 10.4 Å². The summed E-state index contributed by atoms with van der Waals surface area (Å²) in [6.07, 6.45) is 1.67. The maximum atomic E-state index is 10.7. The van der Waals surface area contributed by atoms with E-state index in [2.05, 4.69) is 4.98 Å². The summed E-state index contributed by atoms with van der Waals surface area (Å²) in [5, 5.41) is 10.7. The minimum Gasteiger partial charge on any atom is -0.256 e. The van der Waals surface area contributed by atoms with Gasteiger partial charge in [0.05, 0.1) is 11.3 Å². The summed E-state index contributed by atoms with van der Waals surface area (Å²) in [4.78, 5) is 14.8. The molecule has 0 aliphatic carbocycles. The van der Waals surface area contributed by atoms with E-state index in [1.54, 1.807) is 18.3 Å². The molecule has 0 unspecified atom stereocenters. The number of aromatic nitrogens is 1. The van der Waals surface area contributed by atoms with Crippen molar-refractivity contribution in [3.05, 3.63) is 54.2 Å². The van der Waals surface area contributed by atoms with E-state index in [0.29, 0.717) is 0 Å². The van der Waals surface area contributed by atoms with E-state index >= 15 is 0 Å². The first kappa shape index (κ1) is 9.40. The molecule has 3 heteroatoms. The van der Waals surface area contributed by atoms with E-state index in [-0.39, 0.29) is 5.56 Å². The van der Waals surface area contributed by atoms with Gasteiger partial charge in [-0.15, -0.1) is 0 Å². The fourth-order valence-corrected chi connectivity index (χ4v) is 1.34. The summed E-state index contributed by atoms with van der Waals surface area (Å²) >= 11 is 0. The number of hydrogen-bond acceptors (Lipinski definition) is 2. The van der Waals surface area contributed by atoms with Gasteiger partial charge in [-0.25, -0.2) is 9.90 Å². The highest BCUT2D eigenvalue weighted by atomic mass is 16.4. The average Bonchev–Trinajstić information content (AvgIpc) is 2.30. The van der Waals surface area contributed by atoms with Crippen LogP contribution >= 0.6 is 0 Å². The van der Waals surface area contributed by atoms with E-state index in [4.69, 9.17) is 0 Å². The molecule has 0 aliphatic rings. The van der Waals surface area contributed by atoms with Crippen molar-refractivity contribution in [1.29, 1.82) is 0 Å². The molecular formula is C12H8NO2. The molecule has 0 saturated carbocycles. The Morgan fingerprint density at radius 3 is 2.60 bits per heavy atom. The van der Waals surface area contributed by atoms with Gasteiger partial charge in [-0.3, -0.25) is 4.98 Å². The maximum Gasteiger partial charge on any atom is 0.386 e. The smallest absolute Gasteiger partial charge is 0.256 e. The monoisotopic (exact) mass is 198 g/mol. The molecule has 1 heterocycles. The van der Waals surface area contributed by atoms with Crippen LogP contribution in [-0.4, -0.2) is 11.0 Å². The highest BCUT2D eigenvalue weighted by molar-refractivity contribution is 5.88. The first-order chi connectivity index (χ1) is 7.27. The molecule has 73 valence electrons. The van der Waals surface area contributed by atoms with Crippen LogP contribution in [0.2, 0.25) is 0 Å². The van der Waals surface area contributed by atoms with Gasteiger partial charge in [0.2, 0.25) is 0 Å². The zero-order valence-electron chi connectivity index (χ0n) is 7.88. The van der Waals surface area contributed by atoms with Crippen molar-refractivity contribution in [3.63, 3.8) is 0 Å². The van der Waals surface area contributed by atoms with Crippen LogP contribution in [0, 0.1) is 0 Å². The molecule has 15 heavy (non-hydrogen) atoms. The second kappa shape index (κ2) is 3.92. The SMILES string of the molecule is [O]C(=O)c1cccc(-c2ccccn2)c1. The molecule has 0 aliphatic heterocycles. The standard InChI is InChI=1S/C12H8NO2/c14-12(15)10-5-3-4-9(8-10)11-6-1-2-7-13-11/h1-8H. The number of pyridine rings is 1. The van der Waals surface area contributed by atoms with Crippen molar-refractivity contribution in [3.8, 4) is 11.3 Å². The van der Waals surface area contributed by atoms with Crippen LogP contribution in [0.15, 0.2) is 48.7 Å². The highest BCUT2D eigenvalue weighted by Gasteiger charge is 2.06. The molecule has 1 aromatic carbocycles. The second-order valence-electron chi connectivity index (χ2n) is 3.08. The average molecular weight is 198 g/mol. The minimum atomic E-state index is -1.17. The molecule has 1 aromatic heterocycles. The highest BCUT2D eigenvalue weighted by Crippen LogP contribution is 2.17. The van der Waals surface area contributed by atoms with Crippen LogP contribution in [0.3, 0.4) is 0 Å². The van der Waals surface area contributed by atoms with Gasteiger partial charge in [-0.2, -0.15) is 0 Å². The van der Waals surface area contributed by atoms with Crippen LogP contribution in [-0.2, 0) is 5.11 Å². The van der Waals surface area contributed by atoms with Crippen LogP contribution in [0.5, 0.6) is 0 Å². The molecule has 1 radical (unpaired) electrons. The molecule has 3 nitrogen and oxygen atoms in total. The molecule has 0 fully saturated rings. The summed E-state index contributed by atoms with van der Waals surface area (Å²) in [7, 11) is 0. The lowest BCUT2D eigenvalue weighted by molar-refractivity contribution is 0.0573. The van der Waals surface area contributed by atoms with Gasteiger partial charge >= 0.3 is 5.97 Å². The van der Waals surface area contributed by atoms with Crippen molar-refractivity contribution in [2.24, 2.45) is 0 Å². The summed E-state index contributed by atoms with van der Waals surface area (Å²) in [6.45, 7) is 0. The molecule has 0 amide bonds. The maximum absolute atomic E-state index is 10.7. The molecule has 0 saturated heterocycles. The van der Waals surface area contributed by atoms with Gasteiger partial charge in [-0.1, -0.05) is 18.2 Å². The molecular weight excluding hydrogens is 190 g/mol. The van der Waals surface area contributed by atoms with Crippen LogP contribution in [0.4, 0.5) is 0 Å². The molecule has 0 N–H and O–H groups in total. The molecule has 0 bridgehead atoms. The van der Waals surface area contributed by atoms with Crippen molar-refractivity contribution < 1.29 is 9.90 Å². The quantitative estimate of drug-likeness (QED) is 0.743. The van der Waals surface area contributed by atoms with E-state index < -0.39 is 5.97 Å². The molecule has 0 atom stereocenters. The van der Waals surface area contributed by atoms with Gasteiger partial charge < -0.3 is 0 Å². The predicted molar refractivity (Wildman–Crippen MR) is 54.7 cm³/mol. The Morgan fingerprint density at radius 1 is 1.07 bits per heavy atom. The number of benzene rings is 1. The number of carbonyl (C=O) groups excluding carboxylic acids is 1. The van der Waals surface area contributed by atoms with E-state index in [9.17, 15) is 9.90 Å². The van der Waals surface area contributed by atoms with Gasteiger partial charge in [0.1, 0.15) is 0 Å². The van der Waals surface area contributed by atoms with Gasteiger partial charge in [0.15, 0.2) is 0 Å². The lowest BCUT2D eigenvalue weighted by Gasteiger charge is -2.00. The Labute approximate surface area is 87.0 Å². The van der Waals surface area contributed by atoms with Crippen molar-refractivity contribution in [2.75, 3.05) is 0 Å². The minimum absolute atomic E-state index is 0.165. The normalized spacial score (nSPS) is 9.87. The summed E-state index contributed by atoms with van der Waals surface area (Å²) in [5.74, 6) is -1.17. The van der Waals surface area contributed by atoms with Gasteiger partial charge in [-0.05, 0) is 24.3 Å². The van der Waals surface area contributed by atoms with Crippen LogP contribution < -0.4 is 0 Å². The Hall–Kier alpha value is -2.16. The molecule has 0 spiro atoms. The second-order valence-corrected chi connectivity index (χ2v) is 3.08. The molecule has 2 rings (SSSR count). The first-order valence-electron chi connectivity index (χ1n) is 4.50. The number of nitrogens with zero attached hydrogens (tertiary/aromatic N) is 1. The fourth-order valence-electron chi connectivity index (χ4n) is 1.34. The third-order valence-electron chi connectivity index (χ3n) is 2.06. The number of carbonyl (C=O) groups is 1. The van der Waals surface area contributed by atoms with E-state index in [0.717, 1.165) is 11.3 Å². The zero-order valence-corrected chi connectivity index (χ0v) is 7.88. The zero-order chi connectivity index (χ0) is 10.7. The Morgan fingerprint density at radius 2 is 1.93 bits per heavy atom. The number of hydrogen-bond donors (Lipinski definition) is 0. The lowest BCUT2D eigenvalue weighted by Crippen LogP contribution is -1.94. The largest absolute Gasteiger partial charge is 0.386 e. The molecule has 2 aromatic rings. The lowest BCUT2D eigenvalue weighted by atomic mass is 10.1. The summed E-state index contributed by atoms with van der Waals surface area (Å²) < 4.78 is 0. The van der Waals surface area contributed by atoms with Crippen molar-refractivity contribution in [2.45, 2.75) is 0 Å². The predicted octanol–water partition coefficient (Wildman–Crippen LogP) is 2.32.